The Kier molecular flexibility index (Phi) is 6.54. The molecule has 0 saturated carbocycles. The maximum absolute atomic E-state index is 13.3. The first kappa shape index (κ1) is 20.6. The number of carboxylic acid groups (broad SMARTS) is 1. The summed E-state index contributed by atoms with van der Waals surface area (Å²) in [4.78, 5) is 10.9. The van der Waals surface area contributed by atoms with E-state index in [1.807, 2.05) is 42.5 Å². The fourth-order valence-corrected chi connectivity index (χ4v) is 5.34. The number of aliphatic carboxylic acids is 1. The number of nitrogens with zero attached hydrogens (tertiary/aromatic N) is 1. The van der Waals surface area contributed by atoms with Crippen molar-refractivity contribution in [2.75, 3.05) is 6.54 Å². The molecule has 2 aromatic rings. The Labute approximate surface area is 170 Å². The summed E-state index contributed by atoms with van der Waals surface area (Å²) >= 11 is 5.90. The largest absolute Gasteiger partial charge is 0.481 e. The van der Waals surface area contributed by atoms with Crippen molar-refractivity contribution in [3.05, 3.63) is 77.3 Å². The van der Waals surface area contributed by atoms with E-state index < -0.39 is 16.0 Å². The van der Waals surface area contributed by atoms with Gasteiger partial charge >= 0.3 is 5.97 Å². The normalized spacial score (nSPS) is 20.6. The van der Waals surface area contributed by atoms with Gasteiger partial charge in [-0.15, -0.1) is 0 Å². The number of allylic oxidation sites excluding steroid dienone is 1. The third-order valence-electron chi connectivity index (χ3n) is 4.87. The number of benzene rings is 2. The van der Waals surface area contributed by atoms with E-state index in [-0.39, 0.29) is 23.3 Å². The first-order valence-corrected chi connectivity index (χ1v) is 10.9. The van der Waals surface area contributed by atoms with Gasteiger partial charge in [0.15, 0.2) is 0 Å². The maximum Gasteiger partial charge on any atom is 0.303 e. The van der Waals surface area contributed by atoms with Gasteiger partial charge in [-0.2, -0.15) is 4.31 Å². The van der Waals surface area contributed by atoms with Gasteiger partial charge in [-0.1, -0.05) is 54.1 Å². The van der Waals surface area contributed by atoms with Gasteiger partial charge in [0, 0.05) is 18.0 Å². The predicted molar refractivity (Wildman–Crippen MR) is 109 cm³/mol. The molecule has 1 fully saturated rings. The topological polar surface area (TPSA) is 74.7 Å². The van der Waals surface area contributed by atoms with Crippen LogP contribution in [-0.2, 0) is 14.8 Å². The zero-order valence-electron chi connectivity index (χ0n) is 15.2. The van der Waals surface area contributed by atoms with E-state index in [0.29, 0.717) is 24.4 Å². The lowest BCUT2D eigenvalue weighted by Gasteiger charge is -2.27. The molecule has 1 aliphatic heterocycles. The highest BCUT2D eigenvalue weighted by molar-refractivity contribution is 7.89. The fourth-order valence-electron chi connectivity index (χ4n) is 3.54. The lowest BCUT2D eigenvalue weighted by Crippen LogP contribution is -2.32. The maximum atomic E-state index is 13.3. The lowest BCUT2D eigenvalue weighted by molar-refractivity contribution is -0.136. The number of sulfonamides is 1. The Morgan fingerprint density at radius 2 is 1.82 bits per heavy atom. The van der Waals surface area contributed by atoms with Gasteiger partial charge in [-0.3, -0.25) is 4.79 Å². The summed E-state index contributed by atoms with van der Waals surface area (Å²) in [6, 6.07) is 15.4. The Hall–Kier alpha value is -2.15. The molecule has 5 nitrogen and oxygen atoms in total. The van der Waals surface area contributed by atoms with Crippen LogP contribution in [0.1, 0.15) is 30.9 Å². The fraction of sp³-hybridized carbons (Fsp3) is 0.286. The molecule has 148 valence electrons. The van der Waals surface area contributed by atoms with Crippen LogP contribution >= 0.6 is 11.6 Å². The molecule has 7 heteroatoms. The summed E-state index contributed by atoms with van der Waals surface area (Å²) in [7, 11) is -3.68. The summed E-state index contributed by atoms with van der Waals surface area (Å²) < 4.78 is 28.1. The number of hydrogen-bond donors (Lipinski definition) is 1. The Morgan fingerprint density at radius 3 is 2.46 bits per heavy atom. The van der Waals surface area contributed by atoms with Gasteiger partial charge in [-0.25, -0.2) is 8.42 Å². The van der Waals surface area contributed by atoms with E-state index in [1.165, 1.54) is 16.4 Å². The molecule has 28 heavy (non-hydrogen) atoms. The highest BCUT2D eigenvalue weighted by Crippen LogP contribution is 2.41. The van der Waals surface area contributed by atoms with Gasteiger partial charge in [0.25, 0.3) is 0 Å². The molecule has 1 aliphatic rings. The van der Waals surface area contributed by atoms with E-state index in [1.54, 1.807) is 12.1 Å². The molecule has 0 radical (unpaired) electrons. The van der Waals surface area contributed by atoms with E-state index in [9.17, 15) is 13.2 Å². The SMILES string of the molecule is O=C(O)CCC=CC1CCN(S(=O)(=O)c2ccc(Cl)cc2)C1c1ccccc1. The van der Waals surface area contributed by atoms with Crippen LogP contribution in [0.2, 0.25) is 5.02 Å². The molecule has 1 N–H and O–H groups in total. The molecule has 1 heterocycles. The Bertz CT molecular complexity index is 942. The van der Waals surface area contributed by atoms with Crippen molar-refractivity contribution in [2.24, 2.45) is 5.92 Å². The molecule has 2 atom stereocenters. The quantitative estimate of drug-likeness (QED) is 0.670. The highest BCUT2D eigenvalue weighted by atomic mass is 35.5. The minimum Gasteiger partial charge on any atom is -0.481 e. The second-order valence-corrected chi connectivity index (χ2v) is 9.07. The third kappa shape index (κ3) is 4.63. The van der Waals surface area contributed by atoms with Crippen LogP contribution in [0.5, 0.6) is 0 Å². The van der Waals surface area contributed by atoms with Crippen molar-refractivity contribution in [1.82, 2.24) is 4.31 Å². The number of hydrogen-bond acceptors (Lipinski definition) is 3. The summed E-state index contributed by atoms with van der Waals surface area (Å²) in [6.45, 7) is 0.401. The molecule has 2 unspecified atom stereocenters. The number of carbonyl (C=O) groups is 1. The van der Waals surface area contributed by atoms with E-state index in [4.69, 9.17) is 16.7 Å². The van der Waals surface area contributed by atoms with Crippen LogP contribution in [0.3, 0.4) is 0 Å². The van der Waals surface area contributed by atoms with Crippen molar-refractivity contribution >= 4 is 27.6 Å². The minimum absolute atomic E-state index is 0.0155. The molecule has 3 rings (SSSR count). The van der Waals surface area contributed by atoms with Crippen molar-refractivity contribution in [3.8, 4) is 0 Å². The smallest absolute Gasteiger partial charge is 0.303 e. The minimum atomic E-state index is -3.68. The van der Waals surface area contributed by atoms with E-state index >= 15 is 0 Å². The van der Waals surface area contributed by atoms with Crippen LogP contribution in [0.4, 0.5) is 0 Å². The summed E-state index contributed by atoms with van der Waals surface area (Å²) in [5.74, 6) is -0.860. The monoisotopic (exact) mass is 419 g/mol. The first-order valence-electron chi connectivity index (χ1n) is 9.10. The third-order valence-corrected chi connectivity index (χ3v) is 7.02. The van der Waals surface area contributed by atoms with E-state index in [0.717, 1.165) is 5.56 Å². The first-order chi connectivity index (χ1) is 13.4. The van der Waals surface area contributed by atoms with Gasteiger partial charge in [0.1, 0.15) is 0 Å². The summed E-state index contributed by atoms with van der Waals surface area (Å²) in [6.07, 6.45) is 4.96. The van der Waals surface area contributed by atoms with Gasteiger partial charge in [0.05, 0.1) is 10.9 Å². The summed E-state index contributed by atoms with van der Waals surface area (Å²) in [5, 5.41) is 9.28. The molecule has 2 aromatic carbocycles. The van der Waals surface area contributed by atoms with Gasteiger partial charge < -0.3 is 5.11 Å². The predicted octanol–water partition coefficient (Wildman–Crippen LogP) is 4.51. The van der Waals surface area contributed by atoms with Crippen LogP contribution in [0.25, 0.3) is 0 Å². The molecule has 0 aromatic heterocycles. The molecule has 0 spiro atoms. The lowest BCUT2D eigenvalue weighted by atomic mass is 9.93. The van der Waals surface area contributed by atoms with Gasteiger partial charge in [-0.05, 0) is 48.6 Å². The number of carboxylic acids is 1. The van der Waals surface area contributed by atoms with Crippen molar-refractivity contribution in [2.45, 2.75) is 30.2 Å². The van der Waals surface area contributed by atoms with Gasteiger partial charge in [0.2, 0.25) is 10.0 Å². The Morgan fingerprint density at radius 1 is 1.14 bits per heavy atom. The highest BCUT2D eigenvalue weighted by Gasteiger charge is 2.41. The summed E-state index contributed by atoms with van der Waals surface area (Å²) in [5.41, 5.74) is 0.922. The molecular weight excluding hydrogens is 398 g/mol. The molecule has 0 amide bonds. The number of rotatable bonds is 7. The average Bonchev–Trinajstić information content (AvgIpc) is 3.11. The zero-order chi connectivity index (χ0) is 20.1. The molecule has 0 aliphatic carbocycles. The van der Waals surface area contributed by atoms with Crippen LogP contribution in [0.15, 0.2) is 71.6 Å². The molecule has 0 bridgehead atoms. The van der Waals surface area contributed by atoms with Crippen molar-refractivity contribution in [3.63, 3.8) is 0 Å². The van der Waals surface area contributed by atoms with Crippen molar-refractivity contribution < 1.29 is 18.3 Å². The van der Waals surface area contributed by atoms with Crippen LogP contribution in [0, 0.1) is 5.92 Å². The average molecular weight is 420 g/mol. The van der Waals surface area contributed by atoms with Crippen molar-refractivity contribution in [1.29, 1.82) is 0 Å². The second kappa shape index (κ2) is 8.90. The Balaban J connectivity index is 1.91. The second-order valence-electron chi connectivity index (χ2n) is 6.74. The standard InChI is InChI=1S/C21H22ClNO4S/c22-18-10-12-19(13-11-18)28(26,27)23-15-14-17(8-4-5-9-20(24)25)21(23)16-6-2-1-3-7-16/h1-4,6-8,10-13,17,21H,5,9,14-15H2,(H,24,25). The zero-order valence-corrected chi connectivity index (χ0v) is 16.8. The van der Waals surface area contributed by atoms with Crippen LogP contribution in [-0.4, -0.2) is 30.3 Å². The van der Waals surface area contributed by atoms with E-state index in [2.05, 4.69) is 0 Å². The van der Waals surface area contributed by atoms with Crippen LogP contribution < -0.4 is 0 Å². The number of halogens is 1. The molecule has 1 saturated heterocycles. The molecular formula is C21H22ClNO4S.